The molecule has 0 amide bonds. The van der Waals surface area contributed by atoms with E-state index in [2.05, 4.69) is 47.3 Å². The van der Waals surface area contributed by atoms with E-state index in [4.69, 9.17) is 11.6 Å². The summed E-state index contributed by atoms with van der Waals surface area (Å²) in [7, 11) is 0. The third-order valence-corrected chi connectivity index (χ3v) is 5.22. The molecule has 0 saturated heterocycles. The quantitative estimate of drug-likeness (QED) is 0.589. The number of halogens is 1. The van der Waals surface area contributed by atoms with Crippen LogP contribution in [0.5, 0.6) is 0 Å². The standard InChI is InChI=1S/C17H13ClN4OS/c1-9-3-6-14(10(2)7-9)24-17-15-19-16(23)12-8-11(18)4-5-13(12)22(15)21-20-17/h3-8H,1-2H3,(H,19,23). The Balaban J connectivity index is 1.90. The van der Waals surface area contributed by atoms with Crippen molar-refractivity contribution < 1.29 is 0 Å². The highest BCUT2D eigenvalue weighted by molar-refractivity contribution is 7.99. The van der Waals surface area contributed by atoms with Crippen LogP contribution in [0.4, 0.5) is 0 Å². The van der Waals surface area contributed by atoms with Gasteiger partial charge in [-0.25, -0.2) is 0 Å². The van der Waals surface area contributed by atoms with E-state index in [0.29, 0.717) is 26.6 Å². The maximum absolute atomic E-state index is 12.4. The highest BCUT2D eigenvalue weighted by atomic mass is 35.5. The Kier molecular flexibility index (Phi) is 3.58. The van der Waals surface area contributed by atoms with E-state index in [-0.39, 0.29) is 5.56 Å². The van der Waals surface area contributed by atoms with Gasteiger partial charge in [-0.2, -0.15) is 4.52 Å². The Morgan fingerprint density at radius 1 is 1.17 bits per heavy atom. The molecule has 7 heteroatoms. The minimum Gasteiger partial charge on any atom is -0.304 e. The molecule has 0 aliphatic carbocycles. The summed E-state index contributed by atoms with van der Waals surface area (Å²) in [5, 5.41) is 10.1. The maximum Gasteiger partial charge on any atom is 0.259 e. The average Bonchev–Trinajstić information content (AvgIpc) is 2.93. The third kappa shape index (κ3) is 2.48. The molecule has 0 fully saturated rings. The lowest BCUT2D eigenvalue weighted by molar-refractivity contribution is 0.857. The van der Waals surface area contributed by atoms with Crippen LogP contribution >= 0.6 is 23.4 Å². The molecule has 0 aliphatic heterocycles. The van der Waals surface area contributed by atoms with Crippen LogP contribution in [0.25, 0.3) is 16.6 Å². The summed E-state index contributed by atoms with van der Waals surface area (Å²) >= 11 is 7.47. The van der Waals surface area contributed by atoms with Crippen molar-refractivity contribution in [1.82, 2.24) is 19.8 Å². The van der Waals surface area contributed by atoms with Crippen LogP contribution in [0.2, 0.25) is 5.02 Å². The van der Waals surface area contributed by atoms with Gasteiger partial charge in [0, 0.05) is 9.92 Å². The van der Waals surface area contributed by atoms with E-state index in [1.54, 1.807) is 22.7 Å². The third-order valence-electron chi connectivity index (χ3n) is 3.84. The molecule has 0 atom stereocenters. The number of aromatic amines is 1. The summed E-state index contributed by atoms with van der Waals surface area (Å²) in [5.74, 6) is 0. The first-order valence-corrected chi connectivity index (χ1v) is 8.54. The summed E-state index contributed by atoms with van der Waals surface area (Å²) in [6, 6.07) is 11.4. The van der Waals surface area contributed by atoms with E-state index < -0.39 is 0 Å². The fourth-order valence-corrected chi connectivity index (χ4v) is 3.73. The Morgan fingerprint density at radius 3 is 2.79 bits per heavy atom. The van der Waals surface area contributed by atoms with Crippen molar-refractivity contribution in [3.05, 3.63) is 62.9 Å². The number of H-pyrrole nitrogens is 1. The molecule has 24 heavy (non-hydrogen) atoms. The average molecular weight is 357 g/mol. The first-order chi connectivity index (χ1) is 11.5. The number of benzene rings is 2. The van der Waals surface area contributed by atoms with Crippen LogP contribution in [0.15, 0.2) is 51.1 Å². The number of aromatic nitrogens is 4. The molecule has 1 N–H and O–H groups in total. The van der Waals surface area contributed by atoms with Gasteiger partial charge < -0.3 is 4.98 Å². The predicted octanol–water partition coefficient (Wildman–Crippen LogP) is 3.99. The van der Waals surface area contributed by atoms with Gasteiger partial charge in [-0.15, -0.1) is 5.10 Å². The highest BCUT2D eigenvalue weighted by Crippen LogP contribution is 2.31. The summed E-state index contributed by atoms with van der Waals surface area (Å²) in [4.78, 5) is 16.3. The monoisotopic (exact) mass is 356 g/mol. The van der Waals surface area contributed by atoms with Crippen molar-refractivity contribution >= 4 is 39.9 Å². The first kappa shape index (κ1) is 15.2. The molecule has 120 valence electrons. The Morgan fingerprint density at radius 2 is 2.00 bits per heavy atom. The van der Waals surface area contributed by atoms with Crippen LogP contribution in [0.1, 0.15) is 11.1 Å². The number of hydrogen-bond donors (Lipinski definition) is 1. The Hall–Kier alpha value is -2.31. The van der Waals surface area contributed by atoms with Crippen molar-refractivity contribution in [2.24, 2.45) is 0 Å². The zero-order chi connectivity index (χ0) is 16.8. The summed E-state index contributed by atoms with van der Waals surface area (Å²) < 4.78 is 1.64. The maximum atomic E-state index is 12.4. The van der Waals surface area contributed by atoms with Gasteiger partial charge in [0.05, 0.1) is 10.9 Å². The van der Waals surface area contributed by atoms with Gasteiger partial charge >= 0.3 is 0 Å². The van der Waals surface area contributed by atoms with E-state index in [9.17, 15) is 4.79 Å². The number of nitrogens with zero attached hydrogens (tertiary/aromatic N) is 3. The minimum absolute atomic E-state index is 0.204. The van der Waals surface area contributed by atoms with Crippen LogP contribution in [-0.2, 0) is 0 Å². The molecule has 4 rings (SSSR count). The molecule has 0 spiro atoms. The molecule has 0 radical (unpaired) electrons. The van der Waals surface area contributed by atoms with Crippen molar-refractivity contribution in [3.63, 3.8) is 0 Å². The van der Waals surface area contributed by atoms with Crippen molar-refractivity contribution in [2.45, 2.75) is 23.8 Å². The van der Waals surface area contributed by atoms with Crippen LogP contribution in [0, 0.1) is 13.8 Å². The lowest BCUT2D eigenvalue weighted by Gasteiger charge is -2.05. The largest absolute Gasteiger partial charge is 0.304 e. The molecule has 5 nitrogen and oxygen atoms in total. The van der Waals surface area contributed by atoms with E-state index in [1.807, 2.05) is 0 Å². The van der Waals surface area contributed by atoms with Crippen LogP contribution in [0.3, 0.4) is 0 Å². The lowest BCUT2D eigenvalue weighted by Crippen LogP contribution is -2.10. The second-order valence-corrected chi connectivity index (χ2v) is 7.11. The van der Waals surface area contributed by atoms with Crippen molar-refractivity contribution in [1.29, 1.82) is 0 Å². The van der Waals surface area contributed by atoms with Gasteiger partial charge in [-0.3, -0.25) is 4.79 Å². The van der Waals surface area contributed by atoms with Gasteiger partial charge in [0.2, 0.25) is 0 Å². The van der Waals surface area contributed by atoms with Gasteiger partial charge in [-0.1, -0.05) is 46.3 Å². The van der Waals surface area contributed by atoms with Gasteiger partial charge in [0.25, 0.3) is 5.56 Å². The molecule has 2 aromatic heterocycles. The molecular weight excluding hydrogens is 344 g/mol. The molecule has 0 saturated carbocycles. The predicted molar refractivity (Wildman–Crippen MR) is 96.2 cm³/mol. The topological polar surface area (TPSA) is 63.1 Å². The van der Waals surface area contributed by atoms with Crippen LogP contribution in [-0.4, -0.2) is 19.8 Å². The van der Waals surface area contributed by atoms with Gasteiger partial charge in [0.1, 0.15) is 0 Å². The fourth-order valence-electron chi connectivity index (χ4n) is 2.68. The second-order valence-electron chi connectivity index (χ2n) is 5.64. The number of aryl methyl sites for hydroxylation is 2. The Labute approximate surface area is 146 Å². The van der Waals surface area contributed by atoms with E-state index in [1.165, 1.54) is 17.3 Å². The number of hydrogen-bond acceptors (Lipinski definition) is 4. The van der Waals surface area contributed by atoms with Crippen molar-refractivity contribution in [3.8, 4) is 0 Å². The number of rotatable bonds is 2. The molecule has 2 heterocycles. The highest BCUT2D eigenvalue weighted by Gasteiger charge is 2.14. The molecule has 4 aromatic rings. The Bertz CT molecular complexity index is 1150. The number of nitrogens with one attached hydrogen (secondary N) is 1. The minimum atomic E-state index is -0.204. The summed E-state index contributed by atoms with van der Waals surface area (Å²) in [5.41, 5.74) is 3.43. The van der Waals surface area contributed by atoms with E-state index in [0.717, 1.165) is 10.5 Å². The first-order valence-electron chi connectivity index (χ1n) is 7.35. The smallest absolute Gasteiger partial charge is 0.259 e. The molecule has 2 aromatic carbocycles. The second kappa shape index (κ2) is 5.65. The number of fused-ring (bicyclic) bond motifs is 3. The van der Waals surface area contributed by atoms with Crippen molar-refractivity contribution in [2.75, 3.05) is 0 Å². The molecule has 0 unspecified atom stereocenters. The summed E-state index contributed by atoms with van der Waals surface area (Å²) in [6.07, 6.45) is 0. The fraction of sp³-hybridized carbons (Fsp3) is 0.118. The van der Waals surface area contributed by atoms with E-state index >= 15 is 0 Å². The lowest BCUT2D eigenvalue weighted by atomic mass is 10.2. The normalized spacial score (nSPS) is 11.5. The van der Waals surface area contributed by atoms with Gasteiger partial charge in [0.15, 0.2) is 10.7 Å². The zero-order valence-electron chi connectivity index (χ0n) is 13.0. The summed E-state index contributed by atoms with van der Waals surface area (Å²) in [6.45, 7) is 4.12. The zero-order valence-corrected chi connectivity index (χ0v) is 14.6. The van der Waals surface area contributed by atoms with Crippen LogP contribution < -0.4 is 5.56 Å². The SMILES string of the molecule is Cc1ccc(Sc2nnn3c2[nH]c(=O)c2cc(Cl)ccc23)c(C)c1. The molecule has 0 aliphatic rings. The van der Waals surface area contributed by atoms with Gasteiger partial charge in [-0.05, 0) is 43.7 Å². The molecular formula is C17H13ClN4OS. The molecule has 0 bridgehead atoms.